The number of furan rings is 1. The number of aromatic nitrogens is 2. The van der Waals surface area contributed by atoms with Crippen molar-refractivity contribution in [2.24, 2.45) is 5.92 Å². The van der Waals surface area contributed by atoms with Crippen LogP contribution in [0.2, 0.25) is 0 Å². The molecule has 2 aromatic heterocycles. The largest absolute Gasteiger partial charge is 0.472 e. The van der Waals surface area contributed by atoms with Crippen molar-refractivity contribution in [3.63, 3.8) is 0 Å². The smallest absolute Gasteiger partial charge is 0.225 e. The lowest BCUT2D eigenvalue weighted by Crippen LogP contribution is -2.31. The number of benzene rings is 1. The first-order valence-electron chi connectivity index (χ1n) is 10.1. The molecule has 1 aliphatic carbocycles. The van der Waals surface area contributed by atoms with Crippen LogP contribution < -0.4 is 15.5 Å². The zero-order valence-corrected chi connectivity index (χ0v) is 16.7. The molecule has 3 aromatic rings. The van der Waals surface area contributed by atoms with Crippen LogP contribution in [0.3, 0.4) is 0 Å². The Balaban J connectivity index is 1.32. The molecule has 6 nitrogen and oxygen atoms in total. The van der Waals surface area contributed by atoms with E-state index in [9.17, 15) is 0 Å². The molecule has 28 heavy (non-hydrogen) atoms. The van der Waals surface area contributed by atoms with Gasteiger partial charge in [0.05, 0.1) is 18.0 Å². The van der Waals surface area contributed by atoms with Crippen molar-refractivity contribution in [1.82, 2.24) is 15.3 Å². The Morgan fingerprint density at radius 3 is 2.64 bits per heavy atom. The molecule has 0 aliphatic heterocycles. The Bertz CT molecular complexity index is 885. The van der Waals surface area contributed by atoms with Gasteiger partial charge in [-0.05, 0) is 56.3 Å². The van der Waals surface area contributed by atoms with Crippen LogP contribution in [0.25, 0.3) is 10.9 Å². The zero-order valence-electron chi connectivity index (χ0n) is 16.7. The minimum Gasteiger partial charge on any atom is -0.472 e. The monoisotopic (exact) mass is 379 g/mol. The van der Waals surface area contributed by atoms with Crippen molar-refractivity contribution >= 4 is 22.7 Å². The van der Waals surface area contributed by atoms with Gasteiger partial charge in [-0.3, -0.25) is 0 Å². The minimum atomic E-state index is 0.446. The molecule has 1 aromatic carbocycles. The molecule has 0 spiro atoms. The van der Waals surface area contributed by atoms with Crippen LogP contribution >= 0.6 is 0 Å². The van der Waals surface area contributed by atoms with Gasteiger partial charge < -0.3 is 20.0 Å². The van der Waals surface area contributed by atoms with Gasteiger partial charge in [0.15, 0.2) is 0 Å². The summed E-state index contributed by atoms with van der Waals surface area (Å²) in [7, 11) is 4.06. The van der Waals surface area contributed by atoms with E-state index >= 15 is 0 Å². The minimum absolute atomic E-state index is 0.446. The van der Waals surface area contributed by atoms with Crippen LogP contribution in [-0.2, 0) is 6.54 Å². The normalized spacial score (nSPS) is 19.6. The van der Waals surface area contributed by atoms with Gasteiger partial charge in [-0.1, -0.05) is 12.1 Å². The van der Waals surface area contributed by atoms with Gasteiger partial charge in [0.25, 0.3) is 0 Å². The zero-order chi connectivity index (χ0) is 19.3. The molecule has 2 N–H and O–H groups in total. The van der Waals surface area contributed by atoms with Crippen molar-refractivity contribution in [3.8, 4) is 0 Å². The second-order valence-electron chi connectivity index (χ2n) is 7.91. The molecule has 0 unspecified atom stereocenters. The van der Waals surface area contributed by atoms with E-state index in [1.807, 2.05) is 32.3 Å². The lowest BCUT2D eigenvalue weighted by atomic mass is 9.86. The van der Waals surface area contributed by atoms with Gasteiger partial charge in [-0.25, -0.2) is 4.98 Å². The molecule has 4 rings (SSSR count). The molecule has 1 saturated carbocycles. The van der Waals surface area contributed by atoms with Gasteiger partial charge in [-0.15, -0.1) is 0 Å². The summed E-state index contributed by atoms with van der Waals surface area (Å²) in [6.07, 6.45) is 8.30. The molecule has 6 heteroatoms. The summed E-state index contributed by atoms with van der Waals surface area (Å²) in [5.41, 5.74) is 2.20. The number of fused-ring (bicyclic) bond motifs is 1. The molecule has 0 radical (unpaired) electrons. The van der Waals surface area contributed by atoms with Gasteiger partial charge >= 0.3 is 0 Å². The second kappa shape index (κ2) is 8.61. The van der Waals surface area contributed by atoms with Crippen LogP contribution in [0.15, 0.2) is 47.3 Å². The van der Waals surface area contributed by atoms with Crippen molar-refractivity contribution < 1.29 is 4.42 Å². The van der Waals surface area contributed by atoms with Gasteiger partial charge in [0.2, 0.25) is 5.95 Å². The summed E-state index contributed by atoms with van der Waals surface area (Å²) in [5.74, 6) is 2.44. The molecule has 1 aliphatic rings. The SMILES string of the molecule is CN(C)c1nc(N[C@H]2CC[C@@H](CNCc3ccoc3)CC2)nc2ccccc12. The number of rotatable bonds is 7. The first-order valence-corrected chi connectivity index (χ1v) is 10.1. The standard InChI is InChI=1S/C22H29N5O/c1-27(2)21-19-5-3-4-6-20(19)25-22(26-21)24-18-9-7-16(8-10-18)13-23-14-17-11-12-28-15-17/h3-6,11-12,15-16,18,23H,7-10,13-14H2,1-2H3,(H,24,25,26)/t16-,18+. The highest BCUT2D eigenvalue weighted by Gasteiger charge is 2.22. The van der Waals surface area contributed by atoms with E-state index in [0.717, 1.165) is 54.5 Å². The molecule has 1 fully saturated rings. The lowest BCUT2D eigenvalue weighted by molar-refractivity contribution is 0.323. The van der Waals surface area contributed by atoms with Crippen molar-refractivity contribution in [1.29, 1.82) is 0 Å². The fourth-order valence-electron chi connectivity index (χ4n) is 3.97. The highest BCUT2D eigenvalue weighted by atomic mass is 16.3. The van der Waals surface area contributed by atoms with Gasteiger partial charge in [0.1, 0.15) is 5.82 Å². The van der Waals surface area contributed by atoms with Gasteiger partial charge in [0, 0.05) is 37.6 Å². The quantitative estimate of drug-likeness (QED) is 0.646. The van der Waals surface area contributed by atoms with E-state index in [1.165, 1.54) is 18.4 Å². The summed E-state index contributed by atoms with van der Waals surface area (Å²) >= 11 is 0. The highest BCUT2D eigenvalue weighted by molar-refractivity contribution is 5.90. The number of hydrogen-bond acceptors (Lipinski definition) is 6. The Labute approximate surface area is 166 Å². The Hall–Kier alpha value is -2.60. The van der Waals surface area contributed by atoms with Crippen molar-refractivity contribution in [3.05, 3.63) is 48.4 Å². The third kappa shape index (κ3) is 4.44. The average molecular weight is 380 g/mol. The number of nitrogens with one attached hydrogen (secondary N) is 2. The fraction of sp³-hybridized carbons (Fsp3) is 0.455. The fourth-order valence-corrected chi connectivity index (χ4v) is 3.97. The van der Waals surface area contributed by atoms with Crippen LogP contribution in [0, 0.1) is 5.92 Å². The molecule has 2 heterocycles. The molecule has 0 atom stereocenters. The Morgan fingerprint density at radius 1 is 1.07 bits per heavy atom. The summed E-state index contributed by atoms with van der Waals surface area (Å²) < 4.78 is 5.11. The highest BCUT2D eigenvalue weighted by Crippen LogP contribution is 2.28. The van der Waals surface area contributed by atoms with Crippen molar-refractivity contribution in [2.45, 2.75) is 38.3 Å². The molecular weight excluding hydrogens is 350 g/mol. The first kappa shape index (κ1) is 18.7. The van der Waals surface area contributed by atoms with E-state index < -0.39 is 0 Å². The maximum Gasteiger partial charge on any atom is 0.225 e. The maximum absolute atomic E-state index is 5.11. The average Bonchev–Trinajstić information content (AvgIpc) is 3.22. The number of para-hydroxylation sites is 1. The van der Waals surface area contributed by atoms with Gasteiger partial charge in [-0.2, -0.15) is 4.98 Å². The molecule has 0 saturated heterocycles. The molecule has 148 valence electrons. The molecule has 0 amide bonds. The Kier molecular flexibility index (Phi) is 5.76. The molecular formula is C22H29N5O. The lowest BCUT2D eigenvalue weighted by Gasteiger charge is -2.29. The van der Waals surface area contributed by atoms with Crippen LogP contribution in [0.1, 0.15) is 31.2 Å². The number of anilines is 2. The Morgan fingerprint density at radius 2 is 1.89 bits per heavy atom. The predicted molar refractivity (Wildman–Crippen MR) is 114 cm³/mol. The third-order valence-electron chi connectivity index (χ3n) is 5.53. The summed E-state index contributed by atoms with van der Waals surface area (Å²) in [6.45, 7) is 1.95. The van der Waals surface area contributed by atoms with E-state index in [2.05, 4.69) is 27.7 Å². The van der Waals surface area contributed by atoms with Crippen molar-refractivity contribution in [2.75, 3.05) is 30.9 Å². The topological polar surface area (TPSA) is 66.2 Å². The first-order chi connectivity index (χ1) is 13.7. The third-order valence-corrected chi connectivity index (χ3v) is 5.53. The second-order valence-corrected chi connectivity index (χ2v) is 7.91. The van der Waals surface area contributed by atoms with E-state index in [-0.39, 0.29) is 0 Å². The van der Waals surface area contributed by atoms with E-state index in [4.69, 9.17) is 14.4 Å². The van der Waals surface area contributed by atoms with Crippen LogP contribution in [0.5, 0.6) is 0 Å². The van der Waals surface area contributed by atoms with Crippen LogP contribution in [-0.4, -0.2) is 36.6 Å². The maximum atomic E-state index is 5.11. The van der Waals surface area contributed by atoms with E-state index in [1.54, 1.807) is 12.5 Å². The van der Waals surface area contributed by atoms with Crippen LogP contribution in [0.4, 0.5) is 11.8 Å². The van der Waals surface area contributed by atoms with E-state index in [0.29, 0.717) is 6.04 Å². The number of hydrogen-bond donors (Lipinski definition) is 2. The summed E-state index contributed by atoms with van der Waals surface area (Å²) in [6, 6.07) is 10.7. The predicted octanol–water partition coefficient (Wildman–Crippen LogP) is 4.05. The summed E-state index contributed by atoms with van der Waals surface area (Å²) in [5, 5.41) is 8.23. The summed E-state index contributed by atoms with van der Waals surface area (Å²) in [4.78, 5) is 11.6. The number of nitrogens with zero attached hydrogens (tertiary/aromatic N) is 3. The molecule has 0 bridgehead atoms.